The zero-order valence-corrected chi connectivity index (χ0v) is 19.2. The van der Waals surface area contributed by atoms with E-state index in [2.05, 4.69) is 10.3 Å². The maximum atomic E-state index is 12.4. The molecule has 1 amide bonds. The standard InChI is InChI=1S/C24H22N2O6S/c1-29-16-5-6-17(18(12-16)30-2)19-13-25-23(32-19)9-8-22(27)26-15-4-7-20-14(10-15)11-21(33-20)24(28)31-3/h4-7,10-13H,8-9H2,1-3H3,(H,26,27). The third-order valence-corrected chi connectivity index (χ3v) is 6.08. The van der Waals surface area contributed by atoms with E-state index in [1.807, 2.05) is 24.3 Å². The summed E-state index contributed by atoms with van der Waals surface area (Å²) in [6.45, 7) is 0. The largest absolute Gasteiger partial charge is 0.497 e. The number of aromatic nitrogens is 1. The number of nitrogens with zero attached hydrogens (tertiary/aromatic N) is 1. The first-order valence-electron chi connectivity index (χ1n) is 10.1. The fraction of sp³-hybridized carbons (Fsp3) is 0.208. The van der Waals surface area contributed by atoms with Gasteiger partial charge in [0.1, 0.15) is 16.4 Å². The zero-order valence-electron chi connectivity index (χ0n) is 18.3. The SMILES string of the molecule is COC(=O)c1cc2cc(NC(=O)CCc3ncc(-c4ccc(OC)cc4OC)o3)ccc2s1. The van der Waals surface area contributed by atoms with Gasteiger partial charge in [0.2, 0.25) is 5.91 Å². The molecule has 0 unspecified atom stereocenters. The van der Waals surface area contributed by atoms with Gasteiger partial charge < -0.3 is 23.9 Å². The molecule has 0 fully saturated rings. The van der Waals surface area contributed by atoms with Gasteiger partial charge in [0.05, 0.1) is 33.1 Å². The van der Waals surface area contributed by atoms with Crippen molar-refractivity contribution in [3.63, 3.8) is 0 Å². The van der Waals surface area contributed by atoms with Crippen LogP contribution in [0.5, 0.6) is 11.5 Å². The van der Waals surface area contributed by atoms with Crippen molar-refractivity contribution in [1.29, 1.82) is 0 Å². The number of anilines is 1. The minimum Gasteiger partial charge on any atom is -0.497 e. The van der Waals surface area contributed by atoms with Gasteiger partial charge in [-0.25, -0.2) is 9.78 Å². The predicted molar refractivity (Wildman–Crippen MR) is 125 cm³/mol. The second-order valence-corrected chi connectivity index (χ2v) is 8.17. The van der Waals surface area contributed by atoms with E-state index in [4.69, 9.17) is 18.6 Å². The van der Waals surface area contributed by atoms with E-state index in [-0.39, 0.29) is 18.3 Å². The molecule has 0 aliphatic carbocycles. The van der Waals surface area contributed by atoms with Crippen LogP contribution in [0.4, 0.5) is 5.69 Å². The number of fused-ring (bicyclic) bond motifs is 1. The summed E-state index contributed by atoms with van der Waals surface area (Å²) in [5, 5.41) is 3.74. The molecule has 170 valence electrons. The van der Waals surface area contributed by atoms with Crippen molar-refractivity contribution in [3.05, 3.63) is 59.4 Å². The van der Waals surface area contributed by atoms with E-state index in [0.29, 0.717) is 40.1 Å². The first kappa shape index (κ1) is 22.3. The molecule has 0 bridgehead atoms. The van der Waals surface area contributed by atoms with Crippen molar-refractivity contribution in [3.8, 4) is 22.8 Å². The highest BCUT2D eigenvalue weighted by Gasteiger charge is 2.15. The van der Waals surface area contributed by atoms with E-state index in [9.17, 15) is 9.59 Å². The molecule has 4 aromatic rings. The molecular weight excluding hydrogens is 444 g/mol. The normalized spacial score (nSPS) is 10.8. The zero-order chi connectivity index (χ0) is 23.4. The van der Waals surface area contributed by atoms with Crippen molar-refractivity contribution in [2.75, 3.05) is 26.6 Å². The van der Waals surface area contributed by atoms with Crippen molar-refractivity contribution in [2.24, 2.45) is 0 Å². The minimum atomic E-state index is -0.376. The van der Waals surface area contributed by atoms with Crippen LogP contribution < -0.4 is 14.8 Å². The monoisotopic (exact) mass is 466 g/mol. The number of carbonyl (C=O) groups is 2. The number of thiophene rings is 1. The third-order valence-electron chi connectivity index (χ3n) is 4.98. The lowest BCUT2D eigenvalue weighted by Crippen LogP contribution is -2.12. The van der Waals surface area contributed by atoms with Crippen LogP contribution in [-0.4, -0.2) is 38.2 Å². The Morgan fingerprint density at radius 2 is 1.91 bits per heavy atom. The van der Waals surface area contributed by atoms with Gasteiger partial charge in [0.25, 0.3) is 0 Å². The summed E-state index contributed by atoms with van der Waals surface area (Å²) in [5.41, 5.74) is 1.40. The van der Waals surface area contributed by atoms with Crippen LogP contribution in [-0.2, 0) is 16.0 Å². The first-order valence-corrected chi connectivity index (χ1v) is 10.9. The van der Waals surface area contributed by atoms with Crippen LogP contribution in [0.3, 0.4) is 0 Å². The van der Waals surface area contributed by atoms with Crippen LogP contribution in [0.2, 0.25) is 0 Å². The van der Waals surface area contributed by atoms with Crippen LogP contribution in [0.15, 0.2) is 53.1 Å². The average molecular weight is 467 g/mol. The molecule has 2 aromatic carbocycles. The van der Waals surface area contributed by atoms with Gasteiger partial charge in [-0.05, 0) is 41.8 Å². The summed E-state index contributed by atoms with van der Waals surface area (Å²) in [6, 6.07) is 12.7. The fourth-order valence-corrected chi connectivity index (χ4v) is 4.28. The number of oxazole rings is 1. The average Bonchev–Trinajstić information content (AvgIpc) is 3.48. The molecule has 0 radical (unpaired) electrons. The topological polar surface area (TPSA) is 99.9 Å². The fourth-order valence-electron chi connectivity index (χ4n) is 3.32. The molecule has 2 heterocycles. The second kappa shape index (κ2) is 9.74. The van der Waals surface area contributed by atoms with Gasteiger partial charge in [0.15, 0.2) is 11.7 Å². The number of rotatable bonds is 8. The number of nitrogens with one attached hydrogen (secondary N) is 1. The number of aryl methyl sites for hydroxylation is 1. The lowest BCUT2D eigenvalue weighted by Gasteiger charge is -2.08. The Hall–Kier alpha value is -3.85. The van der Waals surface area contributed by atoms with Crippen molar-refractivity contribution in [1.82, 2.24) is 4.98 Å². The predicted octanol–water partition coefficient (Wildman–Crippen LogP) is 4.93. The number of methoxy groups -OCH3 is 3. The van der Waals surface area contributed by atoms with Crippen molar-refractivity contribution >= 4 is 39.0 Å². The van der Waals surface area contributed by atoms with E-state index < -0.39 is 0 Å². The number of amides is 1. The van der Waals surface area contributed by atoms with E-state index in [1.54, 1.807) is 38.6 Å². The molecule has 33 heavy (non-hydrogen) atoms. The summed E-state index contributed by atoms with van der Waals surface area (Å²) < 4.78 is 22.2. The summed E-state index contributed by atoms with van der Waals surface area (Å²) >= 11 is 1.35. The molecule has 9 heteroatoms. The molecule has 0 atom stereocenters. The minimum absolute atomic E-state index is 0.167. The molecule has 0 aliphatic rings. The Balaban J connectivity index is 1.39. The molecule has 2 aromatic heterocycles. The number of ether oxygens (including phenoxy) is 3. The Morgan fingerprint density at radius 3 is 2.67 bits per heavy atom. The molecule has 0 spiro atoms. The van der Waals surface area contributed by atoms with Gasteiger partial charge in [0, 0.05) is 29.3 Å². The lowest BCUT2D eigenvalue weighted by atomic mass is 10.1. The van der Waals surface area contributed by atoms with Crippen LogP contribution in [0.25, 0.3) is 21.4 Å². The Bertz CT molecular complexity index is 1310. The maximum Gasteiger partial charge on any atom is 0.348 e. The molecule has 4 rings (SSSR count). The number of benzene rings is 2. The van der Waals surface area contributed by atoms with Crippen LogP contribution >= 0.6 is 11.3 Å². The smallest absolute Gasteiger partial charge is 0.348 e. The molecule has 0 saturated heterocycles. The Morgan fingerprint density at radius 1 is 1.06 bits per heavy atom. The highest BCUT2D eigenvalue weighted by molar-refractivity contribution is 7.20. The molecule has 0 aliphatic heterocycles. The van der Waals surface area contributed by atoms with Crippen LogP contribution in [0, 0.1) is 0 Å². The molecule has 0 saturated carbocycles. The summed E-state index contributed by atoms with van der Waals surface area (Å²) in [4.78, 5) is 29.0. The highest BCUT2D eigenvalue weighted by atomic mass is 32.1. The van der Waals surface area contributed by atoms with Gasteiger partial charge >= 0.3 is 5.97 Å². The number of carbonyl (C=O) groups excluding carboxylic acids is 2. The van der Waals surface area contributed by atoms with E-state index >= 15 is 0 Å². The first-order chi connectivity index (χ1) is 16.0. The summed E-state index contributed by atoms with van der Waals surface area (Å²) in [5.74, 6) is 1.74. The molecule has 1 N–H and O–H groups in total. The van der Waals surface area contributed by atoms with Gasteiger partial charge in [-0.15, -0.1) is 11.3 Å². The maximum absolute atomic E-state index is 12.4. The number of esters is 1. The van der Waals surface area contributed by atoms with E-state index in [1.165, 1.54) is 18.4 Å². The second-order valence-electron chi connectivity index (χ2n) is 7.09. The van der Waals surface area contributed by atoms with Gasteiger partial charge in [-0.2, -0.15) is 0 Å². The Kier molecular flexibility index (Phi) is 6.60. The number of hydrogen-bond acceptors (Lipinski definition) is 8. The van der Waals surface area contributed by atoms with E-state index in [0.717, 1.165) is 15.6 Å². The molecular formula is C24H22N2O6S. The lowest BCUT2D eigenvalue weighted by molar-refractivity contribution is -0.116. The van der Waals surface area contributed by atoms with Crippen molar-refractivity contribution in [2.45, 2.75) is 12.8 Å². The van der Waals surface area contributed by atoms with Crippen LogP contribution in [0.1, 0.15) is 22.0 Å². The summed E-state index contributed by atoms with van der Waals surface area (Å²) in [7, 11) is 4.51. The highest BCUT2D eigenvalue weighted by Crippen LogP contribution is 2.34. The Labute approximate surface area is 194 Å². The summed E-state index contributed by atoms with van der Waals surface area (Å²) in [6.07, 6.45) is 2.16. The van der Waals surface area contributed by atoms with Crippen molar-refractivity contribution < 1.29 is 28.2 Å². The quantitative estimate of drug-likeness (QED) is 0.368. The molecule has 8 nitrogen and oxygen atoms in total. The number of hydrogen-bond donors (Lipinski definition) is 1. The third kappa shape index (κ3) is 4.98. The van der Waals surface area contributed by atoms with Gasteiger partial charge in [-0.3, -0.25) is 4.79 Å². The van der Waals surface area contributed by atoms with Gasteiger partial charge in [-0.1, -0.05) is 0 Å².